The maximum absolute atomic E-state index is 12.4. The zero-order chi connectivity index (χ0) is 30.7. The van der Waals surface area contributed by atoms with Crippen molar-refractivity contribution in [3.05, 3.63) is 119 Å². The average Bonchev–Trinajstić information content (AvgIpc) is 3.05. The summed E-state index contributed by atoms with van der Waals surface area (Å²) in [5, 5.41) is 23.9. The minimum atomic E-state index is -1.80. The number of allylic oxidation sites excluding steroid dienone is 7. The molecule has 43 heavy (non-hydrogen) atoms. The molecule has 2 N–H and O–H groups in total. The SMILES string of the molecule is C=CC1C=C([P+](CCCCCCCCCCC2=C(C)C(O)=C(CO)C(=O)C2=O)(c2ccccc2)c2ccccc2)C=CC1. The van der Waals surface area contributed by atoms with Crippen LogP contribution in [0.25, 0.3) is 0 Å². The Morgan fingerprint density at radius 2 is 1.35 bits per heavy atom. The third-order valence-electron chi connectivity index (χ3n) is 8.90. The normalized spacial score (nSPS) is 17.4. The van der Waals surface area contributed by atoms with Gasteiger partial charge in [-0.2, -0.15) is 0 Å². The van der Waals surface area contributed by atoms with Crippen LogP contribution in [0.5, 0.6) is 0 Å². The first-order chi connectivity index (χ1) is 20.9. The molecule has 2 aliphatic carbocycles. The molecular formula is C38H46O4P+. The Morgan fingerprint density at radius 3 is 1.91 bits per heavy atom. The molecule has 0 bridgehead atoms. The van der Waals surface area contributed by atoms with Gasteiger partial charge in [0.1, 0.15) is 28.9 Å². The number of carbonyl (C=O) groups is 2. The number of unbranched alkanes of at least 4 members (excludes halogenated alkanes) is 7. The fourth-order valence-electron chi connectivity index (χ4n) is 6.39. The van der Waals surface area contributed by atoms with Gasteiger partial charge in [-0.15, -0.1) is 6.58 Å². The molecule has 2 aromatic carbocycles. The molecule has 0 amide bonds. The summed E-state index contributed by atoms with van der Waals surface area (Å²) in [5.74, 6) is -1.21. The maximum Gasteiger partial charge on any atom is 0.235 e. The lowest BCUT2D eigenvalue weighted by Crippen LogP contribution is -2.27. The number of aliphatic hydroxyl groups is 2. The first kappa shape index (κ1) is 32.6. The zero-order valence-electron chi connectivity index (χ0n) is 25.5. The van der Waals surface area contributed by atoms with Gasteiger partial charge in [0, 0.05) is 11.5 Å². The van der Waals surface area contributed by atoms with Crippen LogP contribution >= 0.6 is 7.26 Å². The van der Waals surface area contributed by atoms with Crippen molar-refractivity contribution >= 4 is 29.4 Å². The number of rotatable bonds is 16. The van der Waals surface area contributed by atoms with Crippen LogP contribution < -0.4 is 10.6 Å². The second-order valence-corrected chi connectivity index (χ2v) is 15.3. The second kappa shape index (κ2) is 15.9. The van der Waals surface area contributed by atoms with Crippen LogP contribution in [0.1, 0.15) is 71.1 Å². The molecular weight excluding hydrogens is 551 g/mol. The molecule has 0 fully saturated rings. The van der Waals surface area contributed by atoms with Crippen LogP contribution in [0.3, 0.4) is 0 Å². The van der Waals surface area contributed by atoms with Crippen molar-refractivity contribution in [1.82, 2.24) is 0 Å². The van der Waals surface area contributed by atoms with Crippen molar-refractivity contribution in [3.8, 4) is 0 Å². The van der Waals surface area contributed by atoms with Gasteiger partial charge < -0.3 is 10.2 Å². The molecule has 0 radical (unpaired) electrons. The molecule has 0 aromatic heterocycles. The molecule has 5 heteroatoms. The van der Waals surface area contributed by atoms with Crippen LogP contribution in [0.4, 0.5) is 0 Å². The van der Waals surface area contributed by atoms with Crippen molar-refractivity contribution in [2.75, 3.05) is 12.8 Å². The minimum Gasteiger partial charge on any atom is -0.507 e. The van der Waals surface area contributed by atoms with Crippen molar-refractivity contribution < 1.29 is 19.8 Å². The van der Waals surface area contributed by atoms with Gasteiger partial charge in [0.25, 0.3) is 0 Å². The second-order valence-electron chi connectivity index (χ2n) is 11.7. The summed E-state index contributed by atoms with van der Waals surface area (Å²) >= 11 is 0. The predicted molar refractivity (Wildman–Crippen MR) is 180 cm³/mol. The van der Waals surface area contributed by atoms with Crippen LogP contribution in [-0.2, 0) is 9.59 Å². The fourth-order valence-corrected chi connectivity index (χ4v) is 10.9. The van der Waals surface area contributed by atoms with E-state index < -0.39 is 25.4 Å². The standard InChI is InChI=1S/C38H45O4P/c1-3-30-19-18-24-33(27-30)43(31-20-12-10-13-21-31,32-22-14-11-15-23-32)26-17-9-7-5-4-6-8-16-25-34-29(2)36(40)35(28-39)38(42)37(34)41/h3,10-15,18,20-24,27,30,39H,1,4-9,16-17,19,25-26,28H2,2H3/p+1. The molecule has 2 aliphatic rings. The maximum atomic E-state index is 12.4. The zero-order valence-corrected chi connectivity index (χ0v) is 26.4. The third-order valence-corrected chi connectivity index (χ3v) is 13.4. The highest BCUT2D eigenvalue weighted by molar-refractivity contribution is 7.93. The Morgan fingerprint density at radius 1 is 0.814 bits per heavy atom. The largest absolute Gasteiger partial charge is 0.507 e. The molecule has 4 nitrogen and oxygen atoms in total. The van der Waals surface area contributed by atoms with Crippen LogP contribution in [0, 0.1) is 5.92 Å². The van der Waals surface area contributed by atoms with E-state index in [2.05, 4.69) is 91.5 Å². The van der Waals surface area contributed by atoms with Gasteiger partial charge in [-0.05, 0) is 81.0 Å². The smallest absolute Gasteiger partial charge is 0.235 e. The monoisotopic (exact) mass is 597 g/mol. The summed E-state index contributed by atoms with van der Waals surface area (Å²) in [5.41, 5.74) is 0.634. The van der Waals surface area contributed by atoms with Crippen molar-refractivity contribution in [2.45, 2.75) is 71.1 Å². The third kappa shape index (κ3) is 7.61. The minimum absolute atomic E-state index is 0.189. The van der Waals surface area contributed by atoms with Gasteiger partial charge in [-0.25, -0.2) is 0 Å². The van der Waals surface area contributed by atoms with Gasteiger partial charge in [0.15, 0.2) is 0 Å². The van der Waals surface area contributed by atoms with Crippen LogP contribution in [0.2, 0.25) is 0 Å². The molecule has 0 aliphatic heterocycles. The molecule has 4 rings (SSSR count). The number of aliphatic hydroxyl groups excluding tert-OH is 2. The first-order valence-corrected chi connectivity index (χ1v) is 17.7. The van der Waals surface area contributed by atoms with Crippen molar-refractivity contribution in [3.63, 3.8) is 0 Å². The number of carbonyl (C=O) groups excluding carboxylic acids is 2. The van der Waals surface area contributed by atoms with Crippen LogP contribution in [0.15, 0.2) is 119 Å². The van der Waals surface area contributed by atoms with E-state index in [1.807, 2.05) is 0 Å². The summed E-state index contributed by atoms with van der Waals surface area (Å²) < 4.78 is 0. The van der Waals surface area contributed by atoms with E-state index in [-0.39, 0.29) is 11.3 Å². The van der Waals surface area contributed by atoms with Gasteiger partial charge >= 0.3 is 0 Å². The molecule has 1 unspecified atom stereocenters. The number of Topliss-reactive ketones (excluding diaryl/α,β-unsaturated/α-hetero) is 2. The highest BCUT2D eigenvalue weighted by atomic mass is 31.2. The molecule has 0 heterocycles. The number of hydrogen-bond donors (Lipinski definition) is 2. The molecule has 0 saturated carbocycles. The van der Waals surface area contributed by atoms with Gasteiger partial charge in [0.2, 0.25) is 11.6 Å². The Kier molecular flexibility index (Phi) is 12.1. The molecule has 226 valence electrons. The van der Waals surface area contributed by atoms with E-state index >= 15 is 0 Å². The quantitative estimate of drug-likeness (QED) is 0.0675. The summed E-state index contributed by atoms with van der Waals surface area (Å²) in [6.07, 6.45) is 20.7. The van der Waals surface area contributed by atoms with E-state index in [0.29, 0.717) is 23.5 Å². The van der Waals surface area contributed by atoms with Gasteiger partial charge in [0.05, 0.1) is 18.3 Å². The molecule has 0 spiro atoms. The van der Waals surface area contributed by atoms with Gasteiger partial charge in [-0.3, -0.25) is 9.59 Å². The van der Waals surface area contributed by atoms with E-state index in [9.17, 15) is 19.8 Å². The summed E-state index contributed by atoms with van der Waals surface area (Å²) in [6.45, 7) is 5.13. The highest BCUT2D eigenvalue weighted by Crippen LogP contribution is 2.65. The van der Waals surface area contributed by atoms with E-state index in [1.54, 1.807) is 6.92 Å². The summed E-state index contributed by atoms with van der Waals surface area (Å²) in [7, 11) is -1.80. The van der Waals surface area contributed by atoms with Crippen molar-refractivity contribution in [2.24, 2.45) is 5.92 Å². The Labute approximate surface area is 258 Å². The molecule has 2 aromatic rings. The summed E-state index contributed by atoms with van der Waals surface area (Å²) in [6, 6.07) is 22.2. The van der Waals surface area contributed by atoms with Crippen LogP contribution in [-0.4, -0.2) is 34.5 Å². The lowest BCUT2D eigenvalue weighted by molar-refractivity contribution is -0.132. The predicted octanol–water partition coefficient (Wildman–Crippen LogP) is 8.08. The Bertz CT molecular complexity index is 1360. The van der Waals surface area contributed by atoms with E-state index in [0.717, 1.165) is 38.3 Å². The number of benzene rings is 2. The highest BCUT2D eigenvalue weighted by Gasteiger charge is 2.46. The van der Waals surface area contributed by atoms with E-state index in [1.165, 1.54) is 41.6 Å². The Balaban J connectivity index is 1.31. The summed E-state index contributed by atoms with van der Waals surface area (Å²) in [4.78, 5) is 24.6. The number of ketones is 2. The fraction of sp³-hybridized carbons (Fsp3) is 0.368. The lowest BCUT2D eigenvalue weighted by Gasteiger charge is -2.30. The Hall–Kier alpha value is -3.33. The molecule has 0 saturated heterocycles. The lowest BCUT2D eigenvalue weighted by atomic mass is 9.86. The van der Waals surface area contributed by atoms with Crippen molar-refractivity contribution in [1.29, 1.82) is 0 Å². The topological polar surface area (TPSA) is 74.6 Å². The average molecular weight is 598 g/mol. The number of hydrogen-bond acceptors (Lipinski definition) is 4. The molecule has 1 atom stereocenters. The van der Waals surface area contributed by atoms with Gasteiger partial charge in [-0.1, -0.05) is 80.7 Å². The first-order valence-electron chi connectivity index (χ1n) is 15.8. The van der Waals surface area contributed by atoms with E-state index in [4.69, 9.17) is 0 Å².